The van der Waals surface area contributed by atoms with E-state index in [4.69, 9.17) is 9.84 Å². The molecule has 1 aliphatic carbocycles. The molecule has 0 aromatic carbocycles. The van der Waals surface area contributed by atoms with Gasteiger partial charge in [-0.3, -0.25) is 0 Å². The second-order valence-electron chi connectivity index (χ2n) is 4.11. The van der Waals surface area contributed by atoms with Gasteiger partial charge in [-0.15, -0.1) is 0 Å². The molecule has 1 fully saturated rings. The highest BCUT2D eigenvalue weighted by molar-refractivity contribution is 5.90. The van der Waals surface area contributed by atoms with Crippen LogP contribution in [-0.2, 0) is 0 Å². The standard InChI is InChI=1S/C12H15NO3/c1-16-11-10(12(14)15)6-9(7-13-11)8-4-2-3-5-8/h6-8H,2-5H2,1H3,(H,14,15). The third-order valence-electron chi connectivity index (χ3n) is 3.12. The van der Waals surface area contributed by atoms with Gasteiger partial charge in [0.1, 0.15) is 5.56 Å². The van der Waals surface area contributed by atoms with E-state index in [1.165, 1.54) is 20.0 Å². The average Bonchev–Trinajstić information content (AvgIpc) is 2.81. The minimum atomic E-state index is -0.982. The van der Waals surface area contributed by atoms with Crippen LogP contribution in [0.4, 0.5) is 0 Å². The summed E-state index contributed by atoms with van der Waals surface area (Å²) in [6.07, 6.45) is 6.44. The number of hydrogen-bond donors (Lipinski definition) is 1. The molecule has 0 amide bonds. The molecule has 4 nitrogen and oxygen atoms in total. The monoisotopic (exact) mass is 221 g/mol. The van der Waals surface area contributed by atoms with Gasteiger partial charge >= 0.3 is 5.97 Å². The first kappa shape index (κ1) is 10.9. The molecule has 0 saturated heterocycles. The summed E-state index contributed by atoms with van der Waals surface area (Å²) in [5, 5.41) is 9.04. The fourth-order valence-electron chi connectivity index (χ4n) is 2.27. The van der Waals surface area contributed by atoms with Gasteiger partial charge in [-0.05, 0) is 30.4 Å². The highest BCUT2D eigenvalue weighted by Crippen LogP contribution is 2.34. The van der Waals surface area contributed by atoms with Gasteiger partial charge in [0.2, 0.25) is 5.88 Å². The lowest BCUT2D eigenvalue weighted by Crippen LogP contribution is -2.05. The number of carboxylic acid groups (broad SMARTS) is 1. The van der Waals surface area contributed by atoms with E-state index in [0.717, 1.165) is 18.4 Å². The summed E-state index contributed by atoms with van der Waals surface area (Å²) in [7, 11) is 1.43. The zero-order valence-electron chi connectivity index (χ0n) is 9.27. The number of aromatic carboxylic acids is 1. The Morgan fingerprint density at radius 3 is 2.75 bits per heavy atom. The van der Waals surface area contributed by atoms with Crippen LogP contribution in [0, 0.1) is 0 Å². The molecule has 1 N–H and O–H groups in total. The van der Waals surface area contributed by atoms with Crippen LogP contribution in [0.2, 0.25) is 0 Å². The molecule has 0 radical (unpaired) electrons. The Labute approximate surface area is 94.3 Å². The van der Waals surface area contributed by atoms with Crippen LogP contribution in [0.25, 0.3) is 0 Å². The van der Waals surface area contributed by atoms with E-state index in [-0.39, 0.29) is 11.4 Å². The summed E-state index contributed by atoms with van der Waals surface area (Å²) < 4.78 is 4.93. The molecule has 4 heteroatoms. The first-order valence-corrected chi connectivity index (χ1v) is 5.49. The molecule has 1 aliphatic rings. The molecule has 0 aliphatic heterocycles. The average molecular weight is 221 g/mol. The topological polar surface area (TPSA) is 59.4 Å². The smallest absolute Gasteiger partial charge is 0.341 e. The van der Waals surface area contributed by atoms with Gasteiger partial charge in [0.25, 0.3) is 0 Å². The van der Waals surface area contributed by atoms with Crippen LogP contribution in [0.1, 0.15) is 47.5 Å². The van der Waals surface area contributed by atoms with Gasteiger partial charge in [0.15, 0.2) is 0 Å². The highest BCUT2D eigenvalue weighted by atomic mass is 16.5. The largest absolute Gasteiger partial charge is 0.480 e. The molecule has 1 heterocycles. The van der Waals surface area contributed by atoms with Crippen LogP contribution in [0.5, 0.6) is 5.88 Å². The number of carboxylic acids is 1. The van der Waals surface area contributed by atoms with E-state index in [1.807, 2.05) is 0 Å². The lowest BCUT2D eigenvalue weighted by molar-refractivity contribution is 0.0692. The van der Waals surface area contributed by atoms with Gasteiger partial charge in [-0.1, -0.05) is 12.8 Å². The first-order valence-electron chi connectivity index (χ1n) is 5.49. The second-order valence-corrected chi connectivity index (χ2v) is 4.11. The van der Waals surface area contributed by atoms with E-state index < -0.39 is 5.97 Å². The van der Waals surface area contributed by atoms with Crippen molar-refractivity contribution in [3.63, 3.8) is 0 Å². The molecule has 1 saturated carbocycles. The Balaban J connectivity index is 2.34. The molecule has 0 bridgehead atoms. The Kier molecular flexibility index (Phi) is 3.08. The van der Waals surface area contributed by atoms with Crippen molar-refractivity contribution in [2.75, 3.05) is 7.11 Å². The number of pyridine rings is 1. The van der Waals surface area contributed by atoms with Crippen molar-refractivity contribution in [2.45, 2.75) is 31.6 Å². The van der Waals surface area contributed by atoms with E-state index in [2.05, 4.69) is 4.98 Å². The van der Waals surface area contributed by atoms with Gasteiger partial charge in [0.05, 0.1) is 7.11 Å². The molecule has 1 aromatic heterocycles. The number of ether oxygens (including phenoxy) is 1. The Bertz CT molecular complexity index is 397. The summed E-state index contributed by atoms with van der Waals surface area (Å²) >= 11 is 0. The lowest BCUT2D eigenvalue weighted by atomic mass is 9.98. The first-order chi connectivity index (χ1) is 7.72. The normalized spacial score (nSPS) is 16.3. The maximum Gasteiger partial charge on any atom is 0.341 e. The van der Waals surface area contributed by atoms with E-state index >= 15 is 0 Å². The molecular weight excluding hydrogens is 206 g/mol. The minimum Gasteiger partial charge on any atom is -0.480 e. The summed E-state index contributed by atoms with van der Waals surface area (Å²) in [4.78, 5) is 15.1. The van der Waals surface area contributed by atoms with Crippen LogP contribution >= 0.6 is 0 Å². The molecule has 0 unspecified atom stereocenters. The van der Waals surface area contributed by atoms with Gasteiger partial charge in [-0.2, -0.15) is 0 Å². The fourth-order valence-corrected chi connectivity index (χ4v) is 2.27. The molecule has 0 spiro atoms. The third-order valence-corrected chi connectivity index (χ3v) is 3.12. The molecule has 1 aromatic rings. The summed E-state index contributed by atoms with van der Waals surface area (Å²) in [6, 6.07) is 1.70. The zero-order valence-corrected chi connectivity index (χ0v) is 9.27. The third kappa shape index (κ3) is 2.01. The van der Waals surface area contributed by atoms with Crippen LogP contribution in [0.3, 0.4) is 0 Å². The maximum absolute atomic E-state index is 11.0. The number of rotatable bonds is 3. The number of hydrogen-bond acceptors (Lipinski definition) is 3. The predicted octanol–water partition coefficient (Wildman–Crippen LogP) is 2.45. The highest BCUT2D eigenvalue weighted by Gasteiger charge is 2.20. The number of methoxy groups -OCH3 is 1. The van der Waals surface area contributed by atoms with Crippen molar-refractivity contribution in [3.05, 3.63) is 23.4 Å². The predicted molar refractivity (Wildman–Crippen MR) is 59.0 cm³/mol. The summed E-state index contributed by atoms with van der Waals surface area (Å²) in [5.74, 6) is -0.324. The van der Waals surface area contributed by atoms with Gasteiger partial charge in [0, 0.05) is 6.20 Å². The molecule has 16 heavy (non-hydrogen) atoms. The van der Waals surface area contributed by atoms with Crippen molar-refractivity contribution in [1.82, 2.24) is 4.98 Å². The van der Waals surface area contributed by atoms with Crippen molar-refractivity contribution >= 4 is 5.97 Å². The van der Waals surface area contributed by atoms with Crippen LogP contribution < -0.4 is 4.74 Å². The molecular formula is C12H15NO3. The van der Waals surface area contributed by atoms with Crippen molar-refractivity contribution < 1.29 is 14.6 Å². The van der Waals surface area contributed by atoms with Crippen molar-refractivity contribution in [1.29, 1.82) is 0 Å². The quantitative estimate of drug-likeness (QED) is 0.851. The summed E-state index contributed by atoms with van der Waals surface area (Å²) in [5.41, 5.74) is 1.18. The summed E-state index contributed by atoms with van der Waals surface area (Å²) in [6.45, 7) is 0. The second kappa shape index (κ2) is 4.51. The molecule has 0 atom stereocenters. The zero-order chi connectivity index (χ0) is 11.5. The van der Waals surface area contributed by atoms with E-state index in [1.54, 1.807) is 12.3 Å². The van der Waals surface area contributed by atoms with Gasteiger partial charge in [-0.25, -0.2) is 9.78 Å². The lowest BCUT2D eigenvalue weighted by Gasteiger charge is -2.11. The molecule has 2 rings (SSSR count). The van der Waals surface area contributed by atoms with Crippen LogP contribution in [0.15, 0.2) is 12.3 Å². The number of carbonyl (C=O) groups is 1. The Morgan fingerprint density at radius 2 is 2.19 bits per heavy atom. The van der Waals surface area contributed by atoms with Gasteiger partial charge < -0.3 is 9.84 Å². The van der Waals surface area contributed by atoms with Crippen molar-refractivity contribution in [3.8, 4) is 5.88 Å². The Morgan fingerprint density at radius 1 is 1.50 bits per heavy atom. The van der Waals surface area contributed by atoms with Crippen LogP contribution in [-0.4, -0.2) is 23.2 Å². The number of aromatic nitrogens is 1. The van der Waals surface area contributed by atoms with E-state index in [9.17, 15) is 4.79 Å². The number of nitrogens with zero attached hydrogens (tertiary/aromatic N) is 1. The SMILES string of the molecule is COc1ncc(C2CCCC2)cc1C(=O)O. The maximum atomic E-state index is 11.0. The molecule has 86 valence electrons. The van der Waals surface area contributed by atoms with E-state index in [0.29, 0.717) is 5.92 Å². The van der Waals surface area contributed by atoms with Crippen molar-refractivity contribution in [2.24, 2.45) is 0 Å². The Hall–Kier alpha value is -1.58. The minimum absolute atomic E-state index is 0.159. The fraction of sp³-hybridized carbons (Fsp3) is 0.500.